The topological polar surface area (TPSA) is 17.1 Å². The van der Waals surface area contributed by atoms with E-state index in [2.05, 4.69) is 15.4 Å². The standard InChI is InChI=1S/Ba.Ce.Ni.O.Zr.2H. The molecule has 0 aliphatic heterocycles. The summed E-state index contributed by atoms with van der Waals surface area (Å²) in [5.74, 6) is 0. The van der Waals surface area contributed by atoms with E-state index in [4.69, 9.17) is 3.90 Å². The van der Waals surface area contributed by atoms with Crippen LogP contribution in [0.1, 0.15) is 0 Å². The minimum Gasteiger partial charge on any atom is 0 e. The molecule has 0 bridgehead atoms. The maximum Gasteiger partial charge on any atom is 0 e. The molecule has 28 valence electrons. The molecule has 0 saturated heterocycles. The Morgan fingerprint density at radius 2 is 1.20 bits per heavy atom. The molecule has 0 aromatic carbocycles. The molecule has 0 radical (unpaired) electrons. The van der Waals surface area contributed by atoms with Crippen LogP contribution >= 0.6 is 0 Å². The normalized spacial score (nSPS) is 1.20. The minimum absolute atomic E-state index is 0. The van der Waals surface area contributed by atoms with Crippen molar-refractivity contribution in [2.45, 2.75) is 0 Å². The molecule has 1 nitrogen and oxygen atoms in total. The SMILES string of the molecule is [BaH2].[Ce].[O]=[Ni].[Zr]. The van der Waals surface area contributed by atoms with Crippen LogP contribution in [0.25, 0.3) is 0 Å². The monoisotopic (exact) mass is 444 g/mol. The van der Waals surface area contributed by atoms with Crippen molar-refractivity contribution in [2.75, 3.05) is 0 Å². The van der Waals surface area contributed by atoms with E-state index < -0.39 is 0 Å². The van der Waals surface area contributed by atoms with Crippen LogP contribution in [0, 0.1) is 41.7 Å². The van der Waals surface area contributed by atoms with Gasteiger partial charge in [0.25, 0.3) is 0 Å². The average molecular weight is 445 g/mol. The van der Waals surface area contributed by atoms with E-state index in [0.29, 0.717) is 0 Å². The second-order valence-electron chi connectivity index (χ2n) is 0. The zero-order valence-corrected chi connectivity index (χ0v) is 8.31. The van der Waals surface area contributed by atoms with Gasteiger partial charge in [-0.15, -0.1) is 0 Å². The van der Waals surface area contributed by atoms with Gasteiger partial charge in [-0.2, -0.15) is 0 Å². The fourth-order valence-electron chi connectivity index (χ4n) is 0. The van der Waals surface area contributed by atoms with Crippen LogP contribution < -0.4 is 0 Å². The van der Waals surface area contributed by atoms with Gasteiger partial charge in [0.05, 0.1) is 0 Å². The van der Waals surface area contributed by atoms with Crippen molar-refractivity contribution in [1.82, 2.24) is 0 Å². The third-order valence-electron chi connectivity index (χ3n) is 0. The van der Waals surface area contributed by atoms with Crippen molar-refractivity contribution >= 4 is 48.9 Å². The molecule has 0 N–H and O–H groups in total. The Balaban J connectivity index is -0.00000000167. The maximum atomic E-state index is 7.88. The van der Waals surface area contributed by atoms with Gasteiger partial charge in [0.15, 0.2) is 0 Å². The molecule has 5 heteroatoms. The molecule has 0 spiro atoms. The van der Waals surface area contributed by atoms with Crippen molar-refractivity contribution in [2.24, 2.45) is 0 Å². The summed E-state index contributed by atoms with van der Waals surface area (Å²) in [6.07, 6.45) is 0. The van der Waals surface area contributed by atoms with Crippen molar-refractivity contribution in [3.63, 3.8) is 0 Å². The zero-order valence-electron chi connectivity index (χ0n) is 1.72. The Morgan fingerprint density at radius 3 is 1.20 bits per heavy atom. The van der Waals surface area contributed by atoms with Crippen molar-refractivity contribution in [3.05, 3.63) is 0 Å². The molecule has 0 aromatic rings. The van der Waals surface area contributed by atoms with Gasteiger partial charge < -0.3 is 0 Å². The van der Waals surface area contributed by atoms with E-state index in [9.17, 15) is 0 Å². The molecule has 0 aromatic heterocycles. The van der Waals surface area contributed by atoms with Crippen LogP contribution in [0.15, 0.2) is 0 Å². The number of hydrogen-bond acceptors (Lipinski definition) is 1. The second kappa shape index (κ2) is 24.2. The summed E-state index contributed by atoms with van der Waals surface area (Å²) < 4.78 is 7.88. The Bertz CT molecular complexity index is 11.6. The first-order chi connectivity index (χ1) is 1.00. The third-order valence-corrected chi connectivity index (χ3v) is 0. The van der Waals surface area contributed by atoms with Gasteiger partial charge in [0.1, 0.15) is 0 Å². The molecule has 0 unspecified atom stereocenters. The first-order valence-electron chi connectivity index (χ1n) is 0.129. The maximum absolute atomic E-state index is 7.88. The molecule has 0 fully saturated rings. The first kappa shape index (κ1) is 22.9. The predicted molar refractivity (Wildman–Crippen MR) is 9.23 cm³/mol. The van der Waals surface area contributed by atoms with E-state index in [0.717, 1.165) is 0 Å². The van der Waals surface area contributed by atoms with Gasteiger partial charge in [-0.05, 0) is 0 Å². The van der Waals surface area contributed by atoms with Gasteiger partial charge in [-0.25, -0.2) is 0 Å². The summed E-state index contributed by atoms with van der Waals surface area (Å²) in [6, 6.07) is 0. The zero-order chi connectivity index (χ0) is 2.00. The molecule has 0 saturated carbocycles. The van der Waals surface area contributed by atoms with Crippen molar-refractivity contribution < 1.29 is 87.2 Å². The van der Waals surface area contributed by atoms with E-state index in [1.165, 1.54) is 0 Å². The molecule has 0 atom stereocenters. The van der Waals surface area contributed by atoms with Gasteiger partial charge in [0, 0.05) is 68.0 Å². The van der Waals surface area contributed by atoms with Gasteiger partial charge >= 0.3 is 68.2 Å². The van der Waals surface area contributed by atoms with Crippen LogP contribution in [0.5, 0.6) is 0 Å². The molecule has 5 heavy (non-hydrogen) atoms. The van der Waals surface area contributed by atoms with E-state index >= 15 is 0 Å². The second-order valence-corrected chi connectivity index (χ2v) is 0. The molecule has 0 rings (SSSR count). The van der Waals surface area contributed by atoms with E-state index in [-0.39, 0.29) is 117 Å². The predicted octanol–water partition coefficient (Wildman–Crippen LogP) is -1.04. The molecular formula is H2BaCeNiOZr. The number of hydrogen-bond donors (Lipinski definition) is 0. The Hall–Kier alpha value is 4.12. The fourth-order valence-corrected chi connectivity index (χ4v) is 0. The fraction of sp³-hybridized carbons (Fsp3) is 0. The largest absolute Gasteiger partial charge is 0 e. The summed E-state index contributed by atoms with van der Waals surface area (Å²) in [5.41, 5.74) is 0. The van der Waals surface area contributed by atoms with Crippen molar-refractivity contribution in [3.8, 4) is 0 Å². The van der Waals surface area contributed by atoms with Gasteiger partial charge in [-0.3, -0.25) is 0 Å². The van der Waals surface area contributed by atoms with Crippen LogP contribution in [-0.2, 0) is 45.5 Å². The van der Waals surface area contributed by atoms with Crippen LogP contribution in [-0.4, -0.2) is 48.9 Å². The summed E-state index contributed by atoms with van der Waals surface area (Å²) >= 11 is 2.62. The van der Waals surface area contributed by atoms with Gasteiger partial charge in [0.2, 0.25) is 0 Å². The first-order valence-corrected chi connectivity index (χ1v) is 0.532. The quantitative estimate of drug-likeness (QED) is 0.436. The van der Waals surface area contributed by atoms with Crippen LogP contribution in [0.4, 0.5) is 0 Å². The molecule has 0 amide bonds. The summed E-state index contributed by atoms with van der Waals surface area (Å²) in [6.45, 7) is 0. The third kappa shape index (κ3) is 17.9. The minimum atomic E-state index is 0. The Labute approximate surface area is 132 Å². The summed E-state index contributed by atoms with van der Waals surface area (Å²) in [7, 11) is 0. The van der Waals surface area contributed by atoms with Crippen LogP contribution in [0.3, 0.4) is 0 Å². The number of rotatable bonds is 0. The Kier molecular flexibility index (Phi) is 111. The molecular weight excluding hydrogens is 443 g/mol. The summed E-state index contributed by atoms with van der Waals surface area (Å²) in [5, 5.41) is 0. The summed E-state index contributed by atoms with van der Waals surface area (Å²) in [4.78, 5) is 0. The molecule has 0 aliphatic carbocycles. The van der Waals surface area contributed by atoms with E-state index in [1.807, 2.05) is 0 Å². The van der Waals surface area contributed by atoms with Gasteiger partial charge in [-0.1, -0.05) is 0 Å². The smallest absolute Gasteiger partial charge is 0 e. The average Bonchev–Trinajstić information content (AvgIpc) is 1.00. The van der Waals surface area contributed by atoms with E-state index in [1.54, 1.807) is 0 Å². The molecule has 0 aliphatic rings. The Morgan fingerprint density at radius 1 is 1.20 bits per heavy atom. The molecule has 0 heterocycles. The van der Waals surface area contributed by atoms with Crippen molar-refractivity contribution in [1.29, 1.82) is 0 Å². The van der Waals surface area contributed by atoms with Crippen LogP contribution in [0.2, 0.25) is 0 Å².